The average molecular weight is 465 g/mol. The summed E-state index contributed by atoms with van der Waals surface area (Å²) in [6.07, 6.45) is 3.78. The summed E-state index contributed by atoms with van der Waals surface area (Å²) in [6.45, 7) is 3.73. The Bertz CT molecular complexity index is 1170. The molecule has 9 heteroatoms. The minimum Gasteiger partial charge on any atom is -0.334 e. The lowest BCUT2D eigenvalue weighted by Gasteiger charge is -2.26. The number of hydrogen-bond donors (Lipinski definition) is 0. The molecule has 0 amide bonds. The summed E-state index contributed by atoms with van der Waals surface area (Å²) in [5, 5.41) is 13.9. The molecule has 0 aliphatic carbocycles. The number of hydrogen-bond acceptors (Lipinski definition) is 7. The monoisotopic (exact) mass is 464 g/mol. The molecule has 0 spiro atoms. The van der Waals surface area contributed by atoms with E-state index >= 15 is 0 Å². The van der Waals surface area contributed by atoms with Crippen LogP contribution in [0.2, 0.25) is 0 Å². The zero-order valence-corrected chi connectivity index (χ0v) is 19.0. The first-order valence-corrected chi connectivity index (χ1v) is 12.1. The fraction of sp³-hybridized carbons (Fsp3) is 0.333. The van der Waals surface area contributed by atoms with Crippen molar-refractivity contribution in [1.82, 2.24) is 29.8 Å². The predicted molar refractivity (Wildman–Crippen MR) is 124 cm³/mol. The molecule has 170 valence electrons. The maximum atomic E-state index is 13.2. The van der Waals surface area contributed by atoms with Crippen LogP contribution in [0.1, 0.15) is 36.5 Å². The molecule has 1 saturated heterocycles. The van der Waals surface area contributed by atoms with Crippen molar-refractivity contribution in [2.75, 3.05) is 13.1 Å². The van der Waals surface area contributed by atoms with Crippen molar-refractivity contribution in [1.29, 1.82) is 0 Å². The first kappa shape index (κ1) is 21.8. The van der Waals surface area contributed by atoms with Gasteiger partial charge in [0.15, 0.2) is 11.0 Å². The molecule has 4 aromatic rings. The van der Waals surface area contributed by atoms with Crippen molar-refractivity contribution < 1.29 is 8.91 Å². The topological polar surface area (TPSA) is 72.9 Å². The van der Waals surface area contributed by atoms with E-state index in [1.807, 2.05) is 18.2 Å². The van der Waals surface area contributed by atoms with Crippen LogP contribution in [-0.4, -0.2) is 42.9 Å². The van der Waals surface area contributed by atoms with Gasteiger partial charge < -0.3 is 9.09 Å². The molecule has 3 heterocycles. The summed E-state index contributed by atoms with van der Waals surface area (Å²) < 4.78 is 20.7. The van der Waals surface area contributed by atoms with Gasteiger partial charge in [-0.25, -0.2) is 4.39 Å². The third-order valence-corrected chi connectivity index (χ3v) is 6.64. The van der Waals surface area contributed by atoms with Crippen LogP contribution in [0, 0.1) is 5.82 Å². The second-order valence-corrected chi connectivity index (χ2v) is 9.06. The van der Waals surface area contributed by atoms with Gasteiger partial charge in [-0.05, 0) is 55.8 Å². The van der Waals surface area contributed by atoms with Crippen LogP contribution in [-0.2, 0) is 18.8 Å². The van der Waals surface area contributed by atoms with E-state index in [1.54, 1.807) is 12.1 Å². The molecule has 2 aromatic carbocycles. The van der Waals surface area contributed by atoms with Gasteiger partial charge in [-0.3, -0.25) is 4.90 Å². The summed E-state index contributed by atoms with van der Waals surface area (Å²) >= 11 is 1.54. The van der Waals surface area contributed by atoms with Crippen molar-refractivity contribution in [2.45, 2.75) is 43.3 Å². The lowest BCUT2D eigenvalue weighted by Crippen LogP contribution is -2.30. The molecule has 1 aliphatic heterocycles. The molecule has 0 atom stereocenters. The SMILES string of the molecule is Fc1ccc(-c2nc(CSc3nnc(CN4CCCCC4)n3Cc3ccccc3)no2)cc1. The molecule has 0 radical (unpaired) electrons. The van der Waals surface area contributed by atoms with E-state index in [9.17, 15) is 4.39 Å². The van der Waals surface area contributed by atoms with Crippen LogP contribution in [0.4, 0.5) is 4.39 Å². The molecule has 1 aliphatic rings. The van der Waals surface area contributed by atoms with Gasteiger partial charge in [-0.2, -0.15) is 4.98 Å². The minimum absolute atomic E-state index is 0.299. The molecule has 0 N–H and O–H groups in total. The summed E-state index contributed by atoms with van der Waals surface area (Å²) in [7, 11) is 0. The van der Waals surface area contributed by atoms with Gasteiger partial charge in [-0.15, -0.1) is 10.2 Å². The van der Waals surface area contributed by atoms with Crippen LogP contribution < -0.4 is 0 Å². The van der Waals surface area contributed by atoms with Crippen molar-refractivity contribution in [3.05, 3.63) is 77.6 Å². The smallest absolute Gasteiger partial charge is 0.257 e. The second kappa shape index (κ2) is 10.3. The number of rotatable bonds is 8. The predicted octanol–water partition coefficient (Wildman–Crippen LogP) is 4.79. The van der Waals surface area contributed by atoms with Crippen LogP contribution in [0.25, 0.3) is 11.5 Å². The van der Waals surface area contributed by atoms with E-state index in [0.29, 0.717) is 29.6 Å². The van der Waals surface area contributed by atoms with E-state index in [2.05, 4.69) is 41.9 Å². The van der Waals surface area contributed by atoms with Crippen LogP contribution in [0.15, 0.2) is 64.3 Å². The van der Waals surface area contributed by atoms with E-state index in [-0.39, 0.29) is 5.82 Å². The van der Waals surface area contributed by atoms with Crippen molar-refractivity contribution in [3.63, 3.8) is 0 Å². The lowest BCUT2D eigenvalue weighted by molar-refractivity contribution is 0.213. The van der Waals surface area contributed by atoms with Gasteiger partial charge >= 0.3 is 0 Å². The fourth-order valence-corrected chi connectivity index (χ4v) is 4.74. The third-order valence-electron chi connectivity index (χ3n) is 5.68. The Morgan fingerprint density at radius 1 is 0.909 bits per heavy atom. The molecule has 5 rings (SSSR count). The molecule has 0 saturated carbocycles. The molecule has 1 fully saturated rings. The Kier molecular flexibility index (Phi) is 6.78. The summed E-state index contributed by atoms with van der Waals surface area (Å²) in [5.74, 6) is 2.12. The number of thioether (sulfide) groups is 1. The first-order valence-electron chi connectivity index (χ1n) is 11.1. The minimum atomic E-state index is -0.299. The Balaban J connectivity index is 1.32. The highest BCUT2D eigenvalue weighted by Gasteiger charge is 2.19. The van der Waals surface area contributed by atoms with Gasteiger partial charge in [0.2, 0.25) is 0 Å². The van der Waals surface area contributed by atoms with E-state index in [0.717, 1.165) is 30.6 Å². The highest BCUT2D eigenvalue weighted by atomic mass is 32.2. The largest absolute Gasteiger partial charge is 0.334 e. The Hall–Kier alpha value is -3.04. The molecule has 0 unspecified atom stereocenters. The fourth-order valence-electron chi connectivity index (χ4n) is 3.94. The number of piperidine rings is 1. The average Bonchev–Trinajstić information content (AvgIpc) is 3.47. The first-order chi connectivity index (χ1) is 16.2. The zero-order chi connectivity index (χ0) is 22.5. The van der Waals surface area contributed by atoms with Gasteiger partial charge in [0.25, 0.3) is 5.89 Å². The standard InChI is InChI=1S/C24H25FN6OS/c25-20-11-9-19(10-12-20)23-26-21(29-32-23)17-33-24-28-27-22(16-30-13-5-2-6-14-30)31(24)15-18-7-3-1-4-8-18/h1,3-4,7-12H,2,5-6,13-17H2. The van der Waals surface area contributed by atoms with Crippen LogP contribution >= 0.6 is 11.8 Å². The van der Waals surface area contributed by atoms with E-state index in [4.69, 9.17) is 4.52 Å². The molecule has 0 bridgehead atoms. The van der Waals surface area contributed by atoms with E-state index < -0.39 is 0 Å². The third kappa shape index (κ3) is 5.48. The normalized spacial score (nSPS) is 14.6. The second-order valence-electron chi connectivity index (χ2n) is 8.12. The lowest BCUT2D eigenvalue weighted by atomic mass is 10.1. The summed E-state index contributed by atoms with van der Waals surface area (Å²) in [5.41, 5.74) is 1.90. The van der Waals surface area contributed by atoms with Crippen LogP contribution in [0.3, 0.4) is 0 Å². The Morgan fingerprint density at radius 3 is 2.48 bits per heavy atom. The van der Waals surface area contributed by atoms with Crippen molar-refractivity contribution in [2.24, 2.45) is 0 Å². The van der Waals surface area contributed by atoms with Gasteiger partial charge in [-0.1, -0.05) is 53.7 Å². The number of aromatic nitrogens is 5. The maximum absolute atomic E-state index is 13.2. The molecular formula is C24H25FN6OS. The van der Waals surface area contributed by atoms with Crippen molar-refractivity contribution >= 4 is 11.8 Å². The number of nitrogens with zero attached hydrogens (tertiary/aromatic N) is 6. The molecule has 7 nitrogen and oxygen atoms in total. The Labute approximate surface area is 196 Å². The van der Waals surface area contributed by atoms with Crippen molar-refractivity contribution in [3.8, 4) is 11.5 Å². The summed E-state index contributed by atoms with van der Waals surface area (Å²) in [4.78, 5) is 6.91. The molecule has 2 aromatic heterocycles. The molecular weight excluding hydrogens is 439 g/mol. The van der Waals surface area contributed by atoms with Gasteiger partial charge in [0.05, 0.1) is 18.8 Å². The van der Waals surface area contributed by atoms with Gasteiger partial charge in [0.1, 0.15) is 11.6 Å². The number of benzene rings is 2. The summed E-state index contributed by atoms with van der Waals surface area (Å²) in [6, 6.07) is 16.4. The van der Waals surface area contributed by atoms with Crippen LogP contribution in [0.5, 0.6) is 0 Å². The quantitative estimate of drug-likeness (QED) is 0.347. The van der Waals surface area contributed by atoms with E-state index in [1.165, 1.54) is 48.7 Å². The van der Waals surface area contributed by atoms with Gasteiger partial charge in [0, 0.05) is 5.56 Å². The number of likely N-dealkylation sites (tertiary alicyclic amines) is 1. The number of halogens is 1. The highest BCUT2D eigenvalue weighted by Crippen LogP contribution is 2.25. The highest BCUT2D eigenvalue weighted by molar-refractivity contribution is 7.98. The maximum Gasteiger partial charge on any atom is 0.257 e. The Morgan fingerprint density at radius 2 is 1.70 bits per heavy atom. The zero-order valence-electron chi connectivity index (χ0n) is 18.2. The molecule has 33 heavy (non-hydrogen) atoms.